The number of aryl methyl sites for hydroxylation is 1. The molecule has 6 nitrogen and oxygen atoms in total. The zero-order valence-electron chi connectivity index (χ0n) is 17.4. The van der Waals surface area contributed by atoms with E-state index in [4.69, 9.17) is 16.3 Å². The number of hydrogen-bond acceptors (Lipinski definition) is 5. The zero-order valence-corrected chi connectivity index (χ0v) is 18.2. The summed E-state index contributed by atoms with van der Waals surface area (Å²) in [6.07, 6.45) is 3.00. The molecule has 1 N–H and O–H groups in total. The lowest BCUT2D eigenvalue weighted by atomic mass is 9.95. The number of phenols is 1. The Morgan fingerprint density at radius 1 is 1.38 bits per heavy atom. The van der Waals surface area contributed by atoms with Gasteiger partial charge in [-0.3, -0.25) is 9.78 Å². The van der Waals surface area contributed by atoms with Crippen molar-refractivity contribution in [3.8, 4) is 22.6 Å². The minimum atomic E-state index is -0.557. The fourth-order valence-corrected chi connectivity index (χ4v) is 5.05. The minimum Gasteiger partial charge on any atom is -0.507 e. The number of anilines is 1. The van der Waals surface area contributed by atoms with Gasteiger partial charge in [-0.15, -0.1) is 0 Å². The molecule has 32 heavy (non-hydrogen) atoms. The topological polar surface area (TPSA) is 65.9 Å². The Hall–Kier alpha value is -3.32. The van der Waals surface area contributed by atoms with E-state index in [1.165, 1.54) is 24.3 Å². The van der Waals surface area contributed by atoms with Crippen LogP contribution in [0.25, 0.3) is 22.0 Å². The number of fused-ring (bicyclic) bond motifs is 5. The lowest BCUT2D eigenvalue weighted by molar-refractivity contribution is -0.127. The van der Waals surface area contributed by atoms with Gasteiger partial charge in [-0.2, -0.15) is 0 Å². The number of nitrogens with zero attached hydrogens (tertiary/aromatic N) is 3. The molecule has 1 fully saturated rings. The van der Waals surface area contributed by atoms with Crippen LogP contribution in [-0.4, -0.2) is 53.2 Å². The second-order valence-corrected chi connectivity index (χ2v) is 8.41. The average molecular weight is 454 g/mol. The Bertz CT molecular complexity index is 1260. The molecule has 164 valence electrons. The number of carbonyl (C=O) groups excluding carboxylic acids is 1. The maximum atomic E-state index is 14.6. The van der Waals surface area contributed by atoms with Crippen molar-refractivity contribution in [2.24, 2.45) is 0 Å². The fraction of sp³-hybridized carbons (Fsp3) is 0.250. The summed E-state index contributed by atoms with van der Waals surface area (Å²) in [5.74, 6) is -0.185. The predicted octanol–water partition coefficient (Wildman–Crippen LogP) is 4.30. The van der Waals surface area contributed by atoms with Gasteiger partial charge in [0.1, 0.15) is 18.2 Å². The monoisotopic (exact) mass is 453 g/mol. The number of halogens is 2. The second-order valence-electron chi connectivity index (χ2n) is 8.01. The Morgan fingerprint density at radius 3 is 2.94 bits per heavy atom. The van der Waals surface area contributed by atoms with Gasteiger partial charge in [0.25, 0.3) is 0 Å². The number of rotatable bonds is 2. The van der Waals surface area contributed by atoms with Crippen molar-refractivity contribution in [2.45, 2.75) is 13.0 Å². The molecule has 0 aliphatic carbocycles. The molecule has 0 radical (unpaired) electrons. The van der Waals surface area contributed by atoms with Gasteiger partial charge in [0.05, 0.1) is 29.0 Å². The maximum Gasteiger partial charge on any atom is 0.246 e. The Kier molecular flexibility index (Phi) is 4.93. The fourth-order valence-electron chi connectivity index (χ4n) is 4.71. The Labute approximate surface area is 189 Å². The maximum absolute atomic E-state index is 14.6. The van der Waals surface area contributed by atoms with E-state index in [9.17, 15) is 14.3 Å². The number of aromatic hydroxyl groups is 1. The number of phenolic OH excluding ortho intramolecular Hbond substituents is 1. The molecular formula is C24H21ClFN3O3. The molecule has 8 heteroatoms. The molecule has 1 amide bonds. The summed E-state index contributed by atoms with van der Waals surface area (Å²) in [5.41, 5.74) is 2.66. The number of aromatic nitrogens is 1. The summed E-state index contributed by atoms with van der Waals surface area (Å²) in [5, 5.41) is 11.4. The van der Waals surface area contributed by atoms with Crippen LogP contribution in [0.15, 0.2) is 43.1 Å². The van der Waals surface area contributed by atoms with E-state index >= 15 is 0 Å². The van der Waals surface area contributed by atoms with Crippen LogP contribution in [0.3, 0.4) is 0 Å². The number of carbonyl (C=O) groups is 1. The summed E-state index contributed by atoms with van der Waals surface area (Å²) in [6, 6.07) is 5.91. The standard InChI is InChI=1S/C24H21ClFN3O3/c1-3-20(31)28-7-8-29-14(11-28)12-32-19-10-27-23-13(2)21(16(25)9-15(23)24(19)29)22-17(26)5-4-6-18(22)30/h3-6,9-10,14,30H,1,7-8,11-12H2,2H3. The third-order valence-corrected chi connectivity index (χ3v) is 6.52. The van der Waals surface area contributed by atoms with Crippen LogP contribution >= 0.6 is 11.6 Å². The van der Waals surface area contributed by atoms with Crippen LogP contribution in [0, 0.1) is 12.7 Å². The number of piperazine rings is 1. The van der Waals surface area contributed by atoms with Gasteiger partial charge in [-0.1, -0.05) is 24.2 Å². The number of hydrogen-bond donors (Lipinski definition) is 1. The molecule has 2 aliphatic rings. The van der Waals surface area contributed by atoms with Gasteiger partial charge in [0.2, 0.25) is 5.91 Å². The first-order valence-electron chi connectivity index (χ1n) is 10.3. The van der Waals surface area contributed by atoms with Gasteiger partial charge >= 0.3 is 0 Å². The van der Waals surface area contributed by atoms with E-state index in [0.717, 1.165) is 11.1 Å². The van der Waals surface area contributed by atoms with Crippen molar-refractivity contribution in [3.05, 3.63) is 59.5 Å². The van der Waals surface area contributed by atoms with Crippen LogP contribution in [-0.2, 0) is 4.79 Å². The van der Waals surface area contributed by atoms with Crippen LogP contribution in [0.1, 0.15) is 5.56 Å². The van der Waals surface area contributed by atoms with Crippen LogP contribution in [0.4, 0.5) is 10.1 Å². The first-order chi connectivity index (χ1) is 15.4. The first-order valence-corrected chi connectivity index (χ1v) is 10.7. The van der Waals surface area contributed by atoms with Gasteiger partial charge in [-0.05, 0) is 36.8 Å². The van der Waals surface area contributed by atoms with Crippen LogP contribution in [0.2, 0.25) is 5.02 Å². The predicted molar refractivity (Wildman–Crippen MR) is 122 cm³/mol. The van der Waals surface area contributed by atoms with Crippen molar-refractivity contribution in [3.63, 3.8) is 0 Å². The van der Waals surface area contributed by atoms with Gasteiger partial charge < -0.3 is 19.6 Å². The summed E-state index contributed by atoms with van der Waals surface area (Å²) in [6.45, 7) is 7.56. The highest BCUT2D eigenvalue weighted by atomic mass is 35.5. The molecule has 0 bridgehead atoms. The molecule has 1 unspecified atom stereocenters. The van der Waals surface area contributed by atoms with Crippen molar-refractivity contribution in [2.75, 3.05) is 31.1 Å². The van der Waals surface area contributed by atoms with Crippen molar-refractivity contribution < 1.29 is 19.0 Å². The van der Waals surface area contributed by atoms with E-state index in [0.29, 0.717) is 53.7 Å². The molecule has 3 heterocycles. The van der Waals surface area contributed by atoms with Crippen molar-refractivity contribution in [1.29, 1.82) is 0 Å². The van der Waals surface area contributed by atoms with E-state index < -0.39 is 5.82 Å². The van der Waals surface area contributed by atoms with Crippen molar-refractivity contribution in [1.82, 2.24) is 9.88 Å². The molecule has 3 aromatic rings. The number of ether oxygens (including phenoxy) is 1. The Balaban J connectivity index is 1.66. The third-order valence-electron chi connectivity index (χ3n) is 6.22. The quantitative estimate of drug-likeness (QED) is 0.586. The highest BCUT2D eigenvalue weighted by molar-refractivity contribution is 6.35. The smallest absolute Gasteiger partial charge is 0.246 e. The number of amides is 1. The molecule has 1 atom stereocenters. The van der Waals surface area contributed by atoms with Gasteiger partial charge in [-0.25, -0.2) is 4.39 Å². The zero-order chi connectivity index (χ0) is 22.6. The first kappa shape index (κ1) is 20.6. The highest BCUT2D eigenvalue weighted by Crippen LogP contribution is 2.46. The van der Waals surface area contributed by atoms with E-state index in [2.05, 4.69) is 16.5 Å². The lowest BCUT2D eigenvalue weighted by Crippen LogP contribution is -2.58. The molecule has 0 saturated carbocycles. The molecule has 5 rings (SSSR count). The average Bonchev–Trinajstić information content (AvgIpc) is 2.79. The normalized spacial score (nSPS) is 17.5. The van der Waals surface area contributed by atoms with E-state index in [1.807, 2.05) is 6.92 Å². The molecule has 0 spiro atoms. The largest absolute Gasteiger partial charge is 0.507 e. The number of pyridine rings is 1. The Morgan fingerprint density at radius 2 is 2.19 bits per heavy atom. The second kappa shape index (κ2) is 7.67. The third kappa shape index (κ3) is 3.07. The van der Waals surface area contributed by atoms with Crippen molar-refractivity contribution >= 4 is 34.1 Å². The van der Waals surface area contributed by atoms with Gasteiger partial charge in [0.15, 0.2) is 5.75 Å². The van der Waals surface area contributed by atoms with E-state index in [1.54, 1.807) is 17.2 Å². The summed E-state index contributed by atoms with van der Waals surface area (Å²) < 4.78 is 20.6. The van der Waals surface area contributed by atoms with Crippen LogP contribution < -0.4 is 9.64 Å². The van der Waals surface area contributed by atoms with E-state index in [-0.39, 0.29) is 23.3 Å². The molecule has 1 saturated heterocycles. The van der Waals surface area contributed by atoms with Crippen LogP contribution in [0.5, 0.6) is 11.5 Å². The number of benzene rings is 2. The molecule has 2 aliphatic heterocycles. The van der Waals surface area contributed by atoms with Gasteiger partial charge in [0, 0.05) is 35.6 Å². The molecule has 1 aromatic heterocycles. The lowest BCUT2D eigenvalue weighted by Gasteiger charge is -2.45. The summed E-state index contributed by atoms with van der Waals surface area (Å²) >= 11 is 6.66. The summed E-state index contributed by atoms with van der Waals surface area (Å²) in [4.78, 5) is 20.7. The SMILES string of the molecule is C=CC(=O)N1CCN2c3c(cnc4c(C)c(-c5c(O)cccc5F)c(Cl)cc34)OCC2C1. The summed E-state index contributed by atoms with van der Waals surface area (Å²) in [7, 11) is 0. The highest BCUT2D eigenvalue weighted by Gasteiger charge is 2.36. The molecular weight excluding hydrogens is 433 g/mol. The minimum absolute atomic E-state index is 0.0138. The molecule has 2 aromatic carbocycles.